The molecule has 0 bridgehead atoms. The molecule has 0 amide bonds. The molecule has 124 valence electrons. The number of fused-ring (bicyclic) bond motifs is 1. The van der Waals surface area contributed by atoms with E-state index in [1.54, 1.807) is 0 Å². The maximum Gasteiger partial charge on any atom is 0.123 e. The van der Waals surface area contributed by atoms with Gasteiger partial charge < -0.3 is 9.30 Å². The van der Waals surface area contributed by atoms with Gasteiger partial charge in [-0.2, -0.15) is 0 Å². The molecule has 4 rings (SSSR count). The van der Waals surface area contributed by atoms with E-state index in [1.807, 2.05) is 30.6 Å². The summed E-state index contributed by atoms with van der Waals surface area (Å²) in [4.78, 5) is 11.2. The van der Waals surface area contributed by atoms with Crippen molar-refractivity contribution in [1.82, 2.24) is 19.4 Å². The van der Waals surface area contributed by atoms with Crippen LogP contribution >= 0.6 is 0 Å². The molecule has 0 spiro atoms. The van der Waals surface area contributed by atoms with Crippen LogP contribution in [0.5, 0.6) is 0 Å². The molecule has 0 saturated carbocycles. The van der Waals surface area contributed by atoms with E-state index in [4.69, 9.17) is 9.72 Å². The van der Waals surface area contributed by atoms with Gasteiger partial charge >= 0.3 is 0 Å². The Morgan fingerprint density at radius 2 is 2.00 bits per heavy atom. The number of para-hydroxylation sites is 2. The normalized spacial score (nSPS) is 18.5. The summed E-state index contributed by atoms with van der Waals surface area (Å²) in [5, 5.41) is 0. The molecular formula is C19H22N4O. The smallest absolute Gasteiger partial charge is 0.123 e. The molecular weight excluding hydrogens is 300 g/mol. The Morgan fingerprint density at radius 3 is 2.83 bits per heavy atom. The third-order valence-electron chi connectivity index (χ3n) is 4.71. The van der Waals surface area contributed by atoms with Gasteiger partial charge in [-0.1, -0.05) is 12.1 Å². The molecule has 1 saturated heterocycles. The average molecular weight is 322 g/mol. The molecule has 1 aliphatic heterocycles. The number of aromatic nitrogens is 3. The Balaban J connectivity index is 1.35. The first-order chi connectivity index (χ1) is 11.8. The van der Waals surface area contributed by atoms with Gasteiger partial charge in [0.05, 0.1) is 30.3 Å². The van der Waals surface area contributed by atoms with E-state index >= 15 is 0 Å². The van der Waals surface area contributed by atoms with Crippen LogP contribution in [-0.2, 0) is 24.9 Å². The highest BCUT2D eigenvalue weighted by Crippen LogP contribution is 2.19. The zero-order chi connectivity index (χ0) is 16.4. The predicted molar refractivity (Wildman–Crippen MR) is 93.4 cm³/mol. The van der Waals surface area contributed by atoms with Gasteiger partial charge in [-0.3, -0.25) is 9.88 Å². The van der Waals surface area contributed by atoms with Gasteiger partial charge in [-0.05, 0) is 36.2 Å². The van der Waals surface area contributed by atoms with Crippen LogP contribution in [0.3, 0.4) is 0 Å². The SMILES string of the molecule is Cn1c(CN2CCC(OCc3ccncc3)C2)nc2ccccc21. The highest BCUT2D eigenvalue weighted by atomic mass is 16.5. The Hall–Kier alpha value is -2.24. The van der Waals surface area contributed by atoms with Gasteiger partial charge in [0, 0.05) is 32.5 Å². The molecule has 0 radical (unpaired) electrons. The monoisotopic (exact) mass is 322 g/mol. The van der Waals surface area contributed by atoms with Crippen LogP contribution in [0.15, 0.2) is 48.8 Å². The Morgan fingerprint density at radius 1 is 1.17 bits per heavy atom. The topological polar surface area (TPSA) is 43.2 Å². The number of likely N-dealkylation sites (tertiary alicyclic amines) is 1. The van der Waals surface area contributed by atoms with Gasteiger partial charge in [-0.25, -0.2) is 4.98 Å². The Kier molecular flexibility index (Phi) is 4.28. The number of imidazole rings is 1. The lowest BCUT2D eigenvalue weighted by Gasteiger charge is -2.16. The molecule has 3 aromatic rings. The highest BCUT2D eigenvalue weighted by Gasteiger charge is 2.24. The van der Waals surface area contributed by atoms with E-state index in [0.717, 1.165) is 37.4 Å². The fourth-order valence-corrected chi connectivity index (χ4v) is 3.31. The molecule has 5 heteroatoms. The summed E-state index contributed by atoms with van der Waals surface area (Å²) in [6.07, 6.45) is 5.00. The van der Waals surface area contributed by atoms with Crippen LogP contribution in [0.4, 0.5) is 0 Å². The van der Waals surface area contributed by atoms with Gasteiger partial charge in [0.15, 0.2) is 0 Å². The fourth-order valence-electron chi connectivity index (χ4n) is 3.31. The van der Waals surface area contributed by atoms with E-state index in [0.29, 0.717) is 12.7 Å². The molecule has 0 aliphatic carbocycles. The van der Waals surface area contributed by atoms with Crippen molar-refractivity contribution in [2.75, 3.05) is 13.1 Å². The molecule has 3 heterocycles. The fraction of sp³-hybridized carbons (Fsp3) is 0.368. The summed E-state index contributed by atoms with van der Waals surface area (Å²) in [6, 6.07) is 12.3. The van der Waals surface area contributed by atoms with Crippen molar-refractivity contribution >= 4 is 11.0 Å². The molecule has 1 aromatic carbocycles. The molecule has 5 nitrogen and oxygen atoms in total. The second-order valence-electron chi connectivity index (χ2n) is 6.39. The number of benzene rings is 1. The molecule has 24 heavy (non-hydrogen) atoms. The number of aryl methyl sites for hydroxylation is 1. The summed E-state index contributed by atoms with van der Waals surface area (Å²) < 4.78 is 8.24. The second kappa shape index (κ2) is 6.71. The number of ether oxygens (including phenoxy) is 1. The quantitative estimate of drug-likeness (QED) is 0.724. The first-order valence-electron chi connectivity index (χ1n) is 8.43. The number of nitrogens with zero attached hydrogens (tertiary/aromatic N) is 4. The molecule has 1 fully saturated rings. The van der Waals surface area contributed by atoms with Gasteiger partial charge in [0.25, 0.3) is 0 Å². The molecule has 1 atom stereocenters. The van der Waals surface area contributed by atoms with Crippen molar-refractivity contribution in [1.29, 1.82) is 0 Å². The van der Waals surface area contributed by atoms with Crippen LogP contribution in [0.1, 0.15) is 17.8 Å². The molecule has 1 aliphatic rings. The summed E-state index contributed by atoms with van der Waals surface area (Å²) in [5.74, 6) is 1.12. The summed E-state index contributed by atoms with van der Waals surface area (Å²) in [6.45, 7) is 3.56. The molecule has 0 N–H and O–H groups in total. The van der Waals surface area contributed by atoms with E-state index in [-0.39, 0.29) is 0 Å². The summed E-state index contributed by atoms with van der Waals surface area (Å²) in [7, 11) is 2.10. The van der Waals surface area contributed by atoms with Gasteiger partial charge in [-0.15, -0.1) is 0 Å². The standard InChI is InChI=1S/C19H22N4O/c1-22-18-5-3-2-4-17(18)21-19(22)13-23-11-8-16(12-23)24-14-15-6-9-20-10-7-15/h2-7,9-10,16H,8,11-14H2,1H3. The third-order valence-corrected chi connectivity index (χ3v) is 4.71. The minimum absolute atomic E-state index is 0.299. The Labute approximate surface area is 141 Å². The van der Waals surface area contributed by atoms with Gasteiger partial charge in [0.1, 0.15) is 5.82 Å². The first kappa shape index (κ1) is 15.3. The number of pyridine rings is 1. The van der Waals surface area contributed by atoms with Crippen molar-refractivity contribution in [3.05, 3.63) is 60.2 Å². The van der Waals surface area contributed by atoms with Crippen LogP contribution in [0.2, 0.25) is 0 Å². The average Bonchev–Trinajstić information content (AvgIpc) is 3.20. The number of hydrogen-bond acceptors (Lipinski definition) is 4. The zero-order valence-electron chi connectivity index (χ0n) is 13.9. The van der Waals surface area contributed by atoms with Crippen LogP contribution in [0.25, 0.3) is 11.0 Å². The molecule has 2 aromatic heterocycles. The largest absolute Gasteiger partial charge is 0.372 e. The van der Waals surface area contributed by atoms with Crippen molar-refractivity contribution in [2.24, 2.45) is 7.05 Å². The first-order valence-corrected chi connectivity index (χ1v) is 8.43. The van der Waals surface area contributed by atoms with E-state index < -0.39 is 0 Å². The van der Waals surface area contributed by atoms with Crippen LogP contribution < -0.4 is 0 Å². The zero-order valence-corrected chi connectivity index (χ0v) is 13.9. The number of rotatable bonds is 5. The highest BCUT2D eigenvalue weighted by molar-refractivity contribution is 5.75. The lowest BCUT2D eigenvalue weighted by Crippen LogP contribution is -2.24. The van der Waals surface area contributed by atoms with Crippen molar-refractivity contribution < 1.29 is 4.74 Å². The predicted octanol–water partition coefficient (Wildman–Crippen LogP) is 2.76. The minimum Gasteiger partial charge on any atom is -0.372 e. The lowest BCUT2D eigenvalue weighted by molar-refractivity contribution is 0.0459. The van der Waals surface area contributed by atoms with E-state index in [1.165, 1.54) is 11.1 Å². The van der Waals surface area contributed by atoms with Crippen molar-refractivity contribution in [2.45, 2.75) is 25.7 Å². The van der Waals surface area contributed by atoms with Gasteiger partial charge in [0.2, 0.25) is 0 Å². The van der Waals surface area contributed by atoms with Crippen molar-refractivity contribution in [3.8, 4) is 0 Å². The van der Waals surface area contributed by atoms with E-state index in [9.17, 15) is 0 Å². The summed E-state index contributed by atoms with van der Waals surface area (Å²) >= 11 is 0. The number of hydrogen-bond donors (Lipinski definition) is 0. The maximum absolute atomic E-state index is 6.05. The third kappa shape index (κ3) is 3.18. The van der Waals surface area contributed by atoms with Crippen molar-refractivity contribution in [3.63, 3.8) is 0 Å². The lowest BCUT2D eigenvalue weighted by atomic mass is 10.3. The maximum atomic E-state index is 6.05. The molecule has 1 unspecified atom stereocenters. The minimum atomic E-state index is 0.299. The van der Waals surface area contributed by atoms with Crippen LogP contribution in [-0.4, -0.2) is 38.6 Å². The second-order valence-corrected chi connectivity index (χ2v) is 6.39. The Bertz CT molecular complexity index is 815. The van der Waals surface area contributed by atoms with Crippen LogP contribution in [0, 0.1) is 0 Å². The van der Waals surface area contributed by atoms with E-state index in [2.05, 4.69) is 39.7 Å². The summed E-state index contributed by atoms with van der Waals surface area (Å²) in [5.41, 5.74) is 3.44.